The van der Waals surface area contributed by atoms with Crippen molar-refractivity contribution in [3.8, 4) is 0 Å². The Hall–Kier alpha value is -1.44. The minimum atomic E-state index is 1.08. The third-order valence-electron chi connectivity index (χ3n) is 1.30. The lowest BCUT2D eigenvalue weighted by Crippen LogP contribution is -1.75. The Morgan fingerprint density at radius 3 is 1.67 bits per heavy atom. The molecule has 0 aliphatic carbocycles. The second-order valence-electron chi connectivity index (χ2n) is 2.45. The second kappa shape index (κ2) is 6.28. The number of hydrogen-bond acceptors (Lipinski definition) is 2. The van der Waals surface area contributed by atoms with Crippen LogP contribution in [-0.4, -0.2) is 13.4 Å². The SMILES string of the molecule is C=N/C=C\C(/C=C\N=C)=C(C)C. The summed E-state index contributed by atoms with van der Waals surface area (Å²) in [5.74, 6) is 0. The van der Waals surface area contributed by atoms with E-state index < -0.39 is 0 Å². The molecule has 12 heavy (non-hydrogen) atoms. The van der Waals surface area contributed by atoms with Crippen LogP contribution in [-0.2, 0) is 0 Å². The maximum atomic E-state index is 3.62. The number of hydrogen-bond donors (Lipinski definition) is 0. The lowest BCUT2D eigenvalue weighted by Gasteiger charge is -1.95. The average molecular weight is 162 g/mol. The smallest absolute Gasteiger partial charge is 0.0266 e. The predicted octanol–water partition coefficient (Wildman–Crippen LogP) is 2.75. The molecule has 0 aliphatic rings. The highest BCUT2D eigenvalue weighted by molar-refractivity contribution is 5.36. The largest absolute Gasteiger partial charge is 0.272 e. The van der Waals surface area contributed by atoms with Crippen molar-refractivity contribution in [1.29, 1.82) is 0 Å². The molecule has 0 fully saturated rings. The van der Waals surface area contributed by atoms with Gasteiger partial charge in [0.15, 0.2) is 0 Å². The molecule has 0 atom stereocenters. The van der Waals surface area contributed by atoms with Crippen molar-refractivity contribution in [2.75, 3.05) is 0 Å². The van der Waals surface area contributed by atoms with Gasteiger partial charge in [-0.3, -0.25) is 9.98 Å². The van der Waals surface area contributed by atoms with Crippen LogP contribution >= 0.6 is 0 Å². The molecular weight excluding hydrogens is 148 g/mol. The highest BCUT2D eigenvalue weighted by Crippen LogP contribution is 2.06. The van der Waals surface area contributed by atoms with Crippen molar-refractivity contribution in [2.45, 2.75) is 13.8 Å². The van der Waals surface area contributed by atoms with Crippen molar-refractivity contribution in [2.24, 2.45) is 9.98 Å². The standard InChI is InChI=1S/C10H14N2/c1-9(2)10(5-7-11-3)6-8-12-4/h5-8H,3-4H2,1-2H3/b7-5-,8-6-. The van der Waals surface area contributed by atoms with E-state index in [1.165, 1.54) is 5.57 Å². The Morgan fingerprint density at radius 2 is 1.42 bits per heavy atom. The molecule has 64 valence electrons. The third kappa shape index (κ3) is 4.39. The van der Waals surface area contributed by atoms with Crippen molar-refractivity contribution in [3.05, 3.63) is 35.7 Å². The van der Waals surface area contributed by atoms with E-state index in [9.17, 15) is 0 Å². The fourth-order valence-electron chi connectivity index (χ4n) is 0.655. The Morgan fingerprint density at radius 1 is 1.00 bits per heavy atom. The number of rotatable bonds is 4. The molecule has 0 heterocycles. The summed E-state index contributed by atoms with van der Waals surface area (Å²) >= 11 is 0. The van der Waals surface area contributed by atoms with Crippen molar-refractivity contribution < 1.29 is 0 Å². The first-order valence-corrected chi connectivity index (χ1v) is 3.64. The predicted molar refractivity (Wildman–Crippen MR) is 55.8 cm³/mol. The first kappa shape index (κ1) is 10.6. The first-order valence-electron chi connectivity index (χ1n) is 3.64. The summed E-state index contributed by atoms with van der Waals surface area (Å²) in [7, 11) is 0. The number of aliphatic imine (C=N–C) groups is 2. The number of nitrogens with zero attached hydrogens (tertiary/aromatic N) is 2. The molecule has 0 N–H and O–H groups in total. The maximum Gasteiger partial charge on any atom is 0.0266 e. The Labute approximate surface area is 73.7 Å². The van der Waals surface area contributed by atoms with Crippen LogP contribution in [0.1, 0.15) is 13.8 Å². The van der Waals surface area contributed by atoms with Crippen LogP contribution in [0.15, 0.2) is 45.7 Å². The summed E-state index contributed by atoms with van der Waals surface area (Å²) in [4.78, 5) is 7.24. The number of allylic oxidation sites excluding steroid dienone is 4. The van der Waals surface area contributed by atoms with Gasteiger partial charge in [0.25, 0.3) is 0 Å². The van der Waals surface area contributed by atoms with Gasteiger partial charge in [0, 0.05) is 12.4 Å². The molecule has 0 unspecified atom stereocenters. The molecule has 2 heteroatoms. The minimum absolute atomic E-state index is 1.08. The Balaban J connectivity index is 4.57. The molecule has 0 aromatic heterocycles. The molecule has 0 aromatic carbocycles. The van der Waals surface area contributed by atoms with E-state index in [1.54, 1.807) is 12.4 Å². The highest BCUT2D eigenvalue weighted by atomic mass is 14.6. The van der Waals surface area contributed by atoms with Crippen LogP contribution in [0.5, 0.6) is 0 Å². The average Bonchev–Trinajstić information content (AvgIpc) is 2.04. The van der Waals surface area contributed by atoms with Crippen molar-refractivity contribution in [1.82, 2.24) is 0 Å². The van der Waals surface area contributed by atoms with Gasteiger partial charge in [-0.15, -0.1) is 0 Å². The van der Waals surface area contributed by atoms with Gasteiger partial charge in [0.2, 0.25) is 0 Å². The summed E-state index contributed by atoms with van der Waals surface area (Å²) in [5.41, 5.74) is 2.28. The van der Waals surface area contributed by atoms with E-state index in [1.807, 2.05) is 26.0 Å². The van der Waals surface area contributed by atoms with Crippen molar-refractivity contribution in [3.63, 3.8) is 0 Å². The van der Waals surface area contributed by atoms with Crippen LogP contribution in [0, 0.1) is 0 Å². The second-order valence-corrected chi connectivity index (χ2v) is 2.45. The molecule has 0 amide bonds. The molecule has 0 aromatic rings. The van der Waals surface area contributed by atoms with Crippen LogP contribution in [0.4, 0.5) is 0 Å². The monoisotopic (exact) mass is 162 g/mol. The summed E-state index contributed by atoms with van der Waals surface area (Å²) in [5, 5.41) is 0. The summed E-state index contributed by atoms with van der Waals surface area (Å²) < 4.78 is 0. The normalized spacial score (nSPS) is 10.5. The van der Waals surface area contributed by atoms with Gasteiger partial charge in [-0.1, -0.05) is 5.57 Å². The lowest BCUT2D eigenvalue weighted by molar-refractivity contribution is 1.33. The van der Waals surface area contributed by atoms with Gasteiger partial charge in [0.05, 0.1) is 0 Å². The van der Waals surface area contributed by atoms with Gasteiger partial charge in [0.1, 0.15) is 0 Å². The zero-order chi connectivity index (χ0) is 9.40. The van der Waals surface area contributed by atoms with Gasteiger partial charge < -0.3 is 0 Å². The fraction of sp³-hybridized carbons (Fsp3) is 0.200. The minimum Gasteiger partial charge on any atom is -0.272 e. The molecule has 0 saturated carbocycles. The highest BCUT2D eigenvalue weighted by Gasteiger charge is 1.87. The van der Waals surface area contributed by atoms with Crippen molar-refractivity contribution >= 4 is 13.4 Å². The lowest BCUT2D eigenvalue weighted by atomic mass is 10.1. The van der Waals surface area contributed by atoms with Gasteiger partial charge in [-0.05, 0) is 45.0 Å². The first-order chi connectivity index (χ1) is 5.72. The Bertz CT molecular complexity index is 221. The van der Waals surface area contributed by atoms with E-state index in [-0.39, 0.29) is 0 Å². The maximum absolute atomic E-state index is 3.62. The fourth-order valence-corrected chi connectivity index (χ4v) is 0.655. The van der Waals surface area contributed by atoms with E-state index in [2.05, 4.69) is 23.4 Å². The molecule has 0 rings (SSSR count). The Kier molecular flexibility index (Phi) is 5.53. The van der Waals surface area contributed by atoms with Gasteiger partial charge in [-0.2, -0.15) is 0 Å². The van der Waals surface area contributed by atoms with E-state index in [4.69, 9.17) is 0 Å². The quantitative estimate of drug-likeness (QED) is 0.448. The summed E-state index contributed by atoms with van der Waals surface area (Å²) in [6.45, 7) is 10.8. The van der Waals surface area contributed by atoms with E-state index in [0.717, 1.165) is 5.57 Å². The van der Waals surface area contributed by atoms with Crippen LogP contribution in [0.3, 0.4) is 0 Å². The van der Waals surface area contributed by atoms with Crippen LogP contribution in [0.25, 0.3) is 0 Å². The van der Waals surface area contributed by atoms with Gasteiger partial charge >= 0.3 is 0 Å². The molecule has 0 bridgehead atoms. The summed E-state index contributed by atoms with van der Waals surface area (Å²) in [6, 6.07) is 0. The third-order valence-corrected chi connectivity index (χ3v) is 1.30. The zero-order valence-corrected chi connectivity index (χ0v) is 7.62. The molecule has 0 radical (unpaired) electrons. The van der Waals surface area contributed by atoms with E-state index in [0.29, 0.717) is 0 Å². The van der Waals surface area contributed by atoms with Gasteiger partial charge in [-0.25, -0.2) is 0 Å². The molecule has 0 saturated heterocycles. The van der Waals surface area contributed by atoms with Crippen LogP contribution < -0.4 is 0 Å². The molecular formula is C10H14N2. The van der Waals surface area contributed by atoms with Crippen LogP contribution in [0.2, 0.25) is 0 Å². The van der Waals surface area contributed by atoms with E-state index >= 15 is 0 Å². The summed E-state index contributed by atoms with van der Waals surface area (Å²) in [6.07, 6.45) is 7.06. The molecule has 0 aliphatic heterocycles. The molecule has 2 nitrogen and oxygen atoms in total. The zero-order valence-electron chi connectivity index (χ0n) is 7.62. The molecule has 0 spiro atoms. The topological polar surface area (TPSA) is 24.7 Å².